The van der Waals surface area contributed by atoms with Gasteiger partial charge < -0.3 is 9.47 Å². The van der Waals surface area contributed by atoms with Crippen LogP contribution in [0.5, 0.6) is 11.5 Å². The SMILES string of the molecule is Cc1nncn1-c1ccccc1NS(=O)(=O)c1ccc2c(c1)OCCO2. The monoisotopic (exact) mass is 372 g/mol. The Morgan fingerprint density at radius 2 is 1.85 bits per heavy atom. The van der Waals surface area contributed by atoms with E-state index in [1.165, 1.54) is 18.5 Å². The molecular formula is C17H16N4O4S. The van der Waals surface area contributed by atoms with E-state index in [1.807, 2.05) is 6.07 Å². The van der Waals surface area contributed by atoms with Gasteiger partial charge in [-0.2, -0.15) is 0 Å². The van der Waals surface area contributed by atoms with Gasteiger partial charge in [-0.15, -0.1) is 10.2 Å². The molecule has 0 amide bonds. The highest BCUT2D eigenvalue weighted by molar-refractivity contribution is 7.92. The Kier molecular flexibility index (Phi) is 4.00. The molecule has 2 heterocycles. The van der Waals surface area contributed by atoms with Crippen molar-refractivity contribution >= 4 is 15.7 Å². The zero-order valence-corrected chi connectivity index (χ0v) is 14.7. The lowest BCUT2D eigenvalue weighted by atomic mass is 10.2. The van der Waals surface area contributed by atoms with Crippen LogP contribution in [0.2, 0.25) is 0 Å². The predicted octanol–water partition coefficient (Wildman–Crippen LogP) is 2.15. The van der Waals surface area contributed by atoms with Gasteiger partial charge in [0.2, 0.25) is 0 Å². The molecule has 134 valence electrons. The van der Waals surface area contributed by atoms with Crippen molar-refractivity contribution in [1.29, 1.82) is 0 Å². The van der Waals surface area contributed by atoms with Crippen LogP contribution in [-0.4, -0.2) is 36.4 Å². The number of hydrogen-bond donors (Lipinski definition) is 1. The third-order valence-corrected chi connectivity index (χ3v) is 5.31. The summed E-state index contributed by atoms with van der Waals surface area (Å²) in [5.74, 6) is 1.61. The van der Waals surface area contributed by atoms with E-state index < -0.39 is 10.0 Å². The summed E-state index contributed by atoms with van der Waals surface area (Å²) in [7, 11) is -3.81. The lowest BCUT2D eigenvalue weighted by Crippen LogP contribution is -2.18. The summed E-state index contributed by atoms with van der Waals surface area (Å²) in [6.45, 7) is 2.63. The Bertz CT molecular complexity index is 1060. The molecule has 0 radical (unpaired) electrons. The van der Waals surface area contributed by atoms with Gasteiger partial charge in [-0.05, 0) is 31.2 Å². The summed E-state index contributed by atoms with van der Waals surface area (Å²) in [5, 5.41) is 7.79. The number of sulfonamides is 1. The second-order valence-electron chi connectivity index (χ2n) is 5.68. The number of ether oxygens (including phenoxy) is 2. The van der Waals surface area contributed by atoms with Gasteiger partial charge in [0.15, 0.2) is 11.5 Å². The number of aryl methyl sites for hydroxylation is 1. The molecule has 26 heavy (non-hydrogen) atoms. The average molecular weight is 372 g/mol. The maximum absolute atomic E-state index is 12.8. The zero-order valence-electron chi connectivity index (χ0n) is 13.9. The van der Waals surface area contributed by atoms with Gasteiger partial charge in [0, 0.05) is 6.07 Å². The fourth-order valence-corrected chi connectivity index (χ4v) is 3.78. The molecular weight excluding hydrogens is 356 g/mol. The molecule has 0 atom stereocenters. The van der Waals surface area contributed by atoms with Crippen molar-refractivity contribution in [1.82, 2.24) is 14.8 Å². The van der Waals surface area contributed by atoms with Crippen molar-refractivity contribution in [3.05, 3.63) is 54.6 Å². The van der Waals surface area contributed by atoms with Crippen LogP contribution >= 0.6 is 0 Å². The van der Waals surface area contributed by atoms with Crippen LogP contribution in [0.15, 0.2) is 53.7 Å². The highest BCUT2D eigenvalue weighted by atomic mass is 32.2. The van der Waals surface area contributed by atoms with Gasteiger partial charge in [-0.25, -0.2) is 8.42 Å². The van der Waals surface area contributed by atoms with Crippen molar-refractivity contribution in [3.63, 3.8) is 0 Å². The van der Waals surface area contributed by atoms with E-state index in [9.17, 15) is 8.42 Å². The molecule has 9 heteroatoms. The van der Waals surface area contributed by atoms with E-state index in [1.54, 1.807) is 35.8 Å². The van der Waals surface area contributed by atoms with E-state index in [0.29, 0.717) is 41.9 Å². The first-order valence-corrected chi connectivity index (χ1v) is 9.41. The van der Waals surface area contributed by atoms with Gasteiger partial charge in [-0.1, -0.05) is 12.1 Å². The van der Waals surface area contributed by atoms with Crippen LogP contribution in [0.1, 0.15) is 5.82 Å². The summed E-state index contributed by atoms with van der Waals surface area (Å²) in [6.07, 6.45) is 1.53. The molecule has 0 saturated heterocycles. The molecule has 3 aromatic rings. The molecule has 0 bridgehead atoms. The topological polar surface area (TPSA) is 95.3 Å². The molecule has 0 fully saturated rings. The number of hydrogen-bond acceptors (Lipinski definition) is 6. The quantitative estimate of drug-likeness (QED) is 0.754. The second-order valence-corrected chi connectivity index (χ2v) is 7.36. The van der Waals surface area contributed by atoms with Crippen molar-refractivity contribution in [3.8, 4) is 17.2 Å². The number of fused-ring (bicyclic) bond motifs is 1. The number of rotatable bonds is 4. The van der Waals surface area contributed by atoms with E-state index in [0.717, 1.165) is 0 Å². The number of nitrogens with zero attached hydrogens (tertiary/aromatic N) is 3. The smallest absolute Gasteiger partial charge is 0.262 e. The molecule has 2 aromatic carbocycles. The minimum atomic E-state index is -3.81. The zero-order chi connectivity index (χ0) is 18.1. The molecule has 4 rings (SSSR count). The van der Waals surface area contributed by atoms with Gasteiger partial charge in [0.25, 0.3) is 10.0 Å². The largest absolute Gasteiger partial charge is 0.486 e. The van der Waals surface area contributed by atoms with Crippen LogP contribution in [0.3, 0.4) is 0 Å². The summed E-state index contributed by atoms with van der Waals surface area (Å²) < 4.78 is 40.9. The Morgan fingerprint density at radius 3 is 2.62 bits per heavy atom. The minimum absolute atomic E-state index is 0.0945. The second kappa shape index (κ2) is 6.34. The highest BCUT2D eigenvalue weighted by Crippen LogP contribution is 2.33. The number of anilines is 1. The molecule has 0 aliphatic carbocycles. The molecule has 8 nitrogen and oxygen atoms in total. The molecule has 1 aromatic heterocycles. The molecule has 0 unspecified atom stereocenters. The van der Waals surface area contributed by atoms with Crippen molar-refractivity contribution in [2.45, 2.75) is 11.8 Å². The van der Waals surface area contributed by atoms with Crippen molar-refractivity contribution in [2.75, 3.05) is 17.9 Å². The maximum Gasteiger partial charge on any atom is 0.262 e. The first-order chi connectivity index (χ1) is 12.5. The van der Waals surface area contributed by atoms with E-state index >= 15 is 0 Å². The molecule has 0 spiro atoms. The minimum Gasteiger partial charge on any atom is -0.486 e. The Morgan fingerprint density at radius 1 is 1.08 bits per heavy atom. The third kappa shape index (κ3) is 2.97. The lowest BCUT2D eigenvalue weighted by Gasteiger charge is -2.19. The Balaban J connectivity index is 1.70. The van der Waals surface area contributed by atoms with E-state index in [4.69, 9.17) is 9.47 Å². The third-order valence-electron chi connectivity index (χ3n) is 3.95. The van der Waals surface area contributed by atoms with Gasteiger partial charge >= 0.3 is 0 Å². The van der Waals surface area contributed by atoms with Crippen LogP contribution in [0, 0.1) is 6.92 Å². The Hall–Kier alpha value is -3.07. The average Bonchev–Trinajstić information content (AvgIpc) is 3.07. The van der Waals surface area contributed by atoms with E-state index in [2.05, 4.69) is 14.9 Å². The van der Waals surface area contributed by atoms with Crippen molar-refractivity contribution in [2.24, 2.45) is 0 Å². The molecule has 1 aliphatic heterocycles. The summed E-state index contributed by atoms with van der Waals surface area (Å²) in [6, 6.07) is 11.6. The number of nitrogens with one attached hydrogen (secondary N) is 1. The lowest BCUT2D eigenvalue weighted by molar-refractivity contribution is 0.171. The molecule has 0 saturated carbocycles. The standard InChI is InChI=1S/C17H16N4O4S/c1-12-19-18-11-21(12)15-5-3-2-4-14(15)20-26(22,23)13-6-7-16-17(10-13)25-9-8-24-16/h2-7,10-11,20H,8-9H2,1H3. The van der Waals surface area contributed by atoms with Crippen LogP contribution < -0.4 is 14.2 Å². The summed E-state index contributed by atoms with van der Waals surface area (Å²) >= 11 is 0. The Labute approximate surface area is 150 Å². The fraction of sp³-hybridized carbons (Fsp3) is 0.176. The van der Waals surface area contributed by atoms with Crippen LogP contribution in [0.4, 0.5) is 5.69 Å². The molecule has 1 aliphatic rings. The number of para-hydroxylation sites is 2. The molecule has 1 N–H and O–H groups in total. The first kappa shape index (κ1) is 16.4. The van der Waals surface area contributed by atoms with Gasteiger partial charge in [-0.3, -0.25) is 9.29 Å². The van der Waals surface area contributed by atoms with Crippen LogP contribution in [0.25, 0.3) is 5.69 Å². The van der Waals surface area contributed by atoms with Crippen molar-refractivity contribution < 1.29 is 17.9 Å². The van der Waals surface area contributed by atoms with E-state index in [-0.39, 0.29) is 4.90 Å². The van der Waals surface area contributed by atoms with Gasteiger partial charge in [0.05, 0.1) is 16.3 Å². The highest BCUT2D eigenvalue weighted by Gasteiger charge is 2.21. The summed E-state index contributed by atoms with van der Waals surface area (Å²) in [5.41, 5.74) is 1.06. The van der Waals surface area contributed by atoms with Gasteiger partial charge in [0.1, 0.15) is 25.4 Å². The normalized spacial score (nSPS) is 13.4. The fourth-order valence-electron chi connectivity index (χ4n) is 2.69. The van der Waals surface area contributed by atoms with Crippen LogP contribution in [-0.2, 0) is 10.0 Å². The predicted molar refractivity (Wildman–Crippen MR) is 94.3 cm³/mol. The first-order valence-electron chi connectivity index (χ1n) is 7.93. The number of aromatic nitrogens is 3. The number of benzene rings is 2. The summed E-state index contributed by atoms with van der Waals surface area (Å²) in [4.78, 5) is 0.0945. The maximum atomic E-state index is 12.8.